The van der Waals surface area contributed by atoms with Crippen molar-refractivity contribution < 1.29 is 14.3 Å². The van der Waals surface area contributed by atoms with Crippen LogP contribution < -0.4 is 5.32 Å². The van der Waals surface area contributed by atoms with Crippen molar-refractivity contribution in [3.05, 3.63) is 71.8 Å². The maximum absolute atomic E-state index is 12.3. The van der Waals surface area contributed by atoms with E-state index in [1.54, 1.807) is 36.4 Å². The van der Waals surface area contributed by atoms with Gasteiger partial charge in [0.15, 0.2) is 6.04 Å². The number of rotatable bonds is 6. The van der Waals surface area contributed by atoms with E-state index in [-0.39, 0.29) is 5.91 Å². The highest BCUT2D eigenvalue weighted by atomic mass is 16.5. The SMILES string of the molecule is CCCOC(=O)[C@H](NC(=O)c1ccccc1)c1ccccc1. The summed E-state index contributed by atoms with van der Waals surface area (Å²) in [4.78, 5) is 24.5. The summed E-state index contributed by atoms with van der Waals surface area (Å²) in [6.45, 7) is 2.26. The second-order valence-electron chi connectivity index (χ2n) is 4.85. The molecule has 1 N–H and O–H groups in total. The predicted molar refractivity (Wildman–Crippen MR) is 84.3 cm³/mol. The van der Waals surface area contributed by atoms with E-state index in [0.717, 1.165) is 6.42 Å². The molecule has 0 aliphatic rings. The first-order chi connectivity index (χ1) is 10.7. The Bertz CT molecular complexity index is 611. The van der Waals surface area contributed by atoms with E-state index in [1.807, 2.05) is 31.2 Å². The molecule has 0 aliphatic heterocycles. The van der Waals surface area contributed by atoms with Crippen molar-refractivity contribution in [2.75, 3.05) is 6.61 Å². The molecule has 0 radical (unpaired) electrons. The molecular weight excluding hydrogens is 278 g/mol. The minimum absolute atomic E-state index is 0.303. The van der Waals surface area contributed by atoms with Crippen LogP contribution >= 0.6 is 0 Å². The smallest absolute Gasteiger partial charge is 0.333 e. The molecule has 1 atom stereocenters. The van der Waals surface area contributed by atoms with Gasteiger partial charge in [0, 0.05) is 5.56 Å². The van der Waals surface area contributed by atoms with Crippen LogP contribution in [0.3, 0.4) is 0 Å². The molecule has 0 bridgehead atoms. The van der Waals surface area contributed by atoms with Crippen LogP contribution in [0.5, 0.6) is 0 Å². The summed E-state index contributed by atoms with van der Waals surface area (Å²) >= 11 is 0. The van der Waals surface area contributed by atoms with Gasteiger partial charge in [-0.3, -0.25) is 4.79 Å². The molecular formula is C18H19NO3. The first-order valence-electron chi connectivity index (χ1n) is 7.30. The summed E-state index contributed by atoms with van der Waals surface area (Å²) in [6, 6.07) is 17.1. The Labute approximate surface area is 130 Å². The number of carbonyl (C=O) groups is 2. The maximum Gasteiger partial charge on any atom is 0.333 e. The second-order valence-corrected chi connectivity index (χ2v) is 4.85. The van der Waals surface area contributed by atoms with Gasteiger partial charge in [-0.15, -0.1) is 0 Å². The van der Waals surface area contributed by atoms with E-state index < -0.39 is 12.0 Å². The lowest BCUT2D eigenvalue weighted by Crippen LogP contribution is -2.35. The highest BCUT2D eigenvalue weighted by Gasteiger charge is 2.24. The molecule has 2 aromatic rings. The Kier molecular flexibility index (Phi) is 5.72. The van der Waals surface area contributed by atoms with Gasteiger partial charge >= 0.3 is 5.97 Å². The molecule has 2 aromatic carbocycles. The molecule has 0 unspecified atom stereocenters. The van der Waals surface area contributed by atoms with Gasteiger partial charge < -0.3 is 10.1 Å². The number of ether oxygens (including phenoxy) is 1. The van der Waals surface area contributed by atoms with E-state index in [0.29, 0.717) is 17.7 Å². The zero-order chi connectivity index (χ0) is 15.8. The lowest BCUT2D eigenvalue weighted by Gasteiger charge is -2.18. The van der Waals surface area contributed by atoms with Gasteiger partial charge in [-0.25, -0.2) is 4.79 Å². The normalized spacial score (nSPS) is 11.5. The highest BCUT2D eigenvalue weighted by Crippen LogP contribution is 2.15. The molecule has 2 rings (SSSR count). The average Bonchev–Trinajstić information content (AvgIpc) is 2.59. The van der Waals surface area contributed by atoms with Gasteiger partial charge in [-0.05, 0) is 24.1 Å². The highest BCUT2D eigenvalue weighted by molar-refractivity contribution is 5.97. The topological polar surface area (TPSA) is 55.4 Å². The number of benzene rings is 2. The molecule has 0 aliphatic carbocycles. The van der Waals surface area contributed by atoms with Gasteiger partial charge in [0.2, 0.25) is 0 Å². The molecule has 0 saturated heterocycles. The summed E-state index contributed by atoms with van der Waals surface area (Å²) in [7, 11) is 0. The quantitative estimate of drug-likeness (QED) is 0.834. The van der Waals surface area contributed by atoms with E-state index >= 15 is 0 Å². The fourth-order valence-corrected chi connectivity index (χ4v) is 2.01. The summed E-state index contributed by atoms with van der Waals surface area (Å²) < 4.78 is 5.19. The maximum atomic E-state index is 12.3. The summed E-state index contributed by atoms with van der Waals surface area (Å²) in [6.07, 6.45) is 0.736. The van der Waals surface area contributed by atoms with Crippen LogP contribution in [0, 0.1) is 0 Å². The minimum atomic E-state index is -0.805. The van der Waals surface area contributed by atoms with E-state index in [9.17, 15) is 9.59 Å². The van der Waals surface area contributed by atoms with Crippen LogP contribution in [0.25, 0.3) is 0 Å². The predicted octanol–water partition coefficient (Wildman–Crippen LogP) is 3.11. The number of amides is 1. The zero-order valence-electron chi connectivity index (χ0n) is 12.5. The second kappa shape index (κ2) is 7.98. The first kappa shape index (κ1) is 15.8. The fourth-order valence-electron chi connectivity index (χ4n) is 2.01. The van der Waals surface area contributed by atoms with Crippen molar-refractivity contribution in [2.24, 2.45) is 0 Å². The van der Waals surface area contributed by atoms with Gasteiger partial charge in [0.05, 0.1) is 6.61 Å². The number of esters is 1. The van der Waals surface area contributed by atoms with Crippen molar-refractivity contribution in [1.29, 1.82) is 0 Å². The Hall–Kier alpha value is -2.62. The van der Waals surface area contributed by atoms with Crippen molar-refractivity contribution in [2.45, 2.75) is 19.4 Å². The lowest BCUT2D eigenvalue weighted by molar-refractivity contribution is -0.146. The third-order valence-corrected chi connectivity index (χ3v) is 3.13. The van der Waals surface area contributed by atoms with Crippen molar-refractivity contribution in [3.63, 3.8) is 0 Å². The van der Waals surface area contributed by atoms with Gasteiger partial charge in [-0.1, -0.05) is 55.5 Å². The first-order valence-corrected chi connectivity index (χ1v) is 7.30. The number of hydrogen-bond acceptors (Lipinski definition) is 3. The molecule has 4 heteroatoms. The van der Waals surface area contributed by atoms with Gasteiger partial charge in [-0.2, -0.15) is 0 Å². The third-order valence-electron chi connectivity index (χ3n) is 3.13. The Morgan fingerprint density at radius 2 is 1.59 bits per heavy atom. The molecule has 0 saturated carbocycles. The fraction of sp³-hybridized carbons (Fsp3) is 0.222. The summed E-state index contributed by atoms with van der Waals surface area (Å²) in [5, 5.41) is 2.74. The molecule has 0 fully saturated rings. The molecule has 22 heavy (non-hydrogen) atoms. The van der Waals surface area contributed by atoms with Crippen LogP contribution in [0.1, 0.15) is 35.3 Å². The van der Waals surface area contributed by atoms with E-state index in [4.69, 9.17) is 4.74 Å². The molecule has 114 valence electrons. The van der Waals surface area contributed by atoms with Crippen molar-refractivity contribution in [3.8, 4) is 0 Å². The van der Waals surface area contributed by atoms with Gasteiger partial charge in [0.1, 0.15) is 0 Å². The Morgan fingerprint density at radius 1 is 1.00 bits per heavy atom. The Morgan fingerprint density at radius 3 is 2.18 bits per heavy atom. The van der Waals surface area contributed by atoms with Crippen molar-refractivity contribution >= 4 is 11.9 Å². The number of carbonyl (C=O) groups excluding carboxylic acids is 2. The molecule has 0 spiro atoms. The summed E-state index contributed by atoms with van der Waals surface area (Å²) in [5.41, 5.74) is 1.21. The van der Waals surface area contributed by atoms with Crippen LogP contribution in [0.2, 0.25) is 0 Å². The summed E-state index contributed by atoms with van der Waals surface area (Å²) in [5.74, 6) is -0.750. The molecule has 1 amide bonds. The van der Waals surface area contributed by atoms with Crippen LogP contribution in [0.15, 0.2) is 60.7 Å². The molecule has 0 heterocycles. The Balaban J connectivity index is 2.18. The standard InChI is InChI=1S/C18H19NO3/c1-2-13-22-18(21)16(14-9-5-3-6-10-14)19-17(20)15-11-7-4-8-12-15/h3-12,16H,2,13H2,1H3,(H,19,20)/t16-/m1/s1. The van der Waals surface area contributed by atoms with E-state index in [2.05, 4.69) is 5.32 Å². The molecule has 0 aromatic heterocycles. The minimum Gasteiger partial charge on any atom is -0.464 e. The third kappa shape index (κ3) is 4.19. The largest absolute Gasteiger partial charge is 0.464 e. The van der Waals surface area contributed by atoms with Crippen LogP contribution in [-0.4, -0.2) is 18.5 Å². The monoisotopic (exact) mass is 297 g/mol. The lowest BCUT2D eigenvalue weighted by atomic mass is 10.1. The van der Waals surface area contributed by atoms with E-state index in [1.165, 1.54) is 0 Å². The van der Waals surface area contributed by atoms with Crippen LogP contribution in [-0.2, 0) is 9.53 Å². The van der Waals surface area contributed by atoms with Gasteiger partial charge in [0.25, 0.3) is 5.91 Å². The number of hydrogen-bond donors (Lipinski definition) is 1. The average molecular weight is 297 g/mol. The van der Waals surface area contributed by atoms with Crippen LogP contribution in [0.4, 0.5) is 0 Å². The number of nitrogens with one attached hydrogen (secondary N) is 1. The zero-order valence-corrected chi connectivity index (χ0v) is 12.5. The van der Waals surface area contributed by atoms with Crippen molar-refractivity contribution in [1.82, 2.24) is 5.32 Å². The molecule has 4 nitrogen and oxygen atoms in total.